The van der Waals surface area contributed by atoms with Crippen LogP contribution in [0.25, 0.3) is 0 Å². The van der Waals surface area contributed by atoms with E-state index in [9.17, 15) is 9.59 Å². The van der Waals surface area contributed by atoms with E-state index in [1.165, 1.54) is 42.4 Å². The molecular weight excluding hydrogens is 362 g/mol. The summed E-state index contributed by atoms with van der Waals surface area (Å²) in [6.07, 6.45) is 5.66. The molecule has 0 aromatic carbocycles. The zero-order valence-electron chi connectivity index (χ0n) is 14.0. The smallest absolute Gasteiger partial charge is 0.321 e. The van der Waals surface area contributed by atoms with Gasteiger partial charge in [0.15, 0.2) is 4.34 Å². The molecule has 3 amide bonds. The van der Waals surface area contributed by atoms with Crippen LogP contribution in [0.1, 0.15) is 32.1 Å². The predicted molar refractivity (Wildman–Crippen MR) is 97.1 cm³/mol. The van der Waals surface area contributed by atoms with Gasteiger partial charge in [0, 0.05) is 19.1 Å². The van der Waals surface area contributed by atoms with E-state index >= 15 is 0 Å². The lowest BCUT2D eigenvalue weighted by Crippen LogP contribution is -2.41. The zero-order chi connectivity index (χ0) is 17.5. The molecule has 2 aliphatic rings. The van der Waals surface area contributed by atoms with Gasteiger partial charge in [0.2, 0.25) is 11.0 Å². The summed E-state index contributed by atoms with van der Waals surface area (Å²) in [6, 6.07) is 0.0191. The molecule has 10 heteroatoms. The Bertz CT molecular complexity index is 585. The number of hydrogen-bond donors (Lipinski definition) is 2. The second-order valence-corrected chi connectivity index (χ2v) is 8.29. The van der Waals surface area contributed by atoms with Crippen LogP contribution < -0.4 is 10.6 Å². The Kier molecular flexibility index (Phi) is 6.88. The molecule has 0 spiro atoms. The van der Waals surface area contributed by atoms with E-state index in [1.807, 2.05) is 0 Å². The highest BCUT2D eigenvalue weighted by Crippen LogP contribution is 2.26. The molecule has 3 rings (SSSR count). The molecule has 0 radical (unpaired) electrons. The third kappa shape index (κ3) is 5.82. The summed E-state index contributed by atoms with van der Waals surface area (Å²) >= 11 is 2.63. The van der Waals surface area contributed by atoms with E-state index in [-0.39, 0.29) is 18.0 Å². The fraction of sp³-hybridized carbons (Fsp3) is 0.733. The van der Waals surface area contributed by atoms with Crippen molar-refractivity contribution >= 4 is 40.2 Å². The largest absolute Gasteiger partial charge is 0.378 e. The second-order valence-electron chi connectivity index (χ2n) is 6.09. The van der Waals surface area contributed by atoms with Crippen LogP contribution in [0.15, 0.2) is 4.34 Å². The summed E-state index contributed by atoms with van der Waals surface area (Å²) in [4.78, 5) is 25.9. The lowest BCUT2D eigenvalue weighted by Gasteiger charge is -2.26. The fourth-order valence-corrected chi connectivity index (χ4v) is 4.56. The quantitative estimate of drug-likeness (QED) is 0.594. The summed E-state index contributed by atoms with van der Waals surface area (Å²) in [5, 5.41) is 14.2. The minimum absolute atomic E-state index is 0.0769. The molecule has 1 aliphatic carbocycles. The number of amides is 3. The summed E-state index contributed by atoms with van der Waals surface area (Å²) < 4.78 is 5.92. The molecule has 138 valence electrons. The normalized spacial score (nSPS) is 18.8. The van der Waals surface area contributed by atoms with Crippen LogP contribution in [-0.2, 0) is 9.53 Å². The van der Waals surface area contributed by atoms with Gasteiger partial charge in [-0.25, -0.2) is 4.79 Å². The number of urea groups is 1. The topological polar surface area (TPSA) is 96.5 Å². The van der Waals surface area contributed by atoms with Crippen LogP contribution in [-0.4, -0.2) is 65.1 Å². The number of ether oxygens (including phenoxy) is 1. The Morgan fingerprint density at radius 2 is 1.96 bits per heavy atom. The molecule has 8 nitrogen and oxygen atoms in total. The van der Waals surface area contributed by atoms with E-state index < -0.39 is 0 Å². The van der Waals surface area contributed by atoms with Crippen molar-refractivity contribution in [2.45, 2.75) is 42.5 Å². The number of carbonyl (C=O) groups is 2. The first-order valence-corrected chi connectivity index (χ1v) is 10.4. The Hall–Kier alpha value is -1.39. The van der Waals surface area contributed by atoms with Crippen molar-refractivity contribution in [3.8, 4) is 0 Å². The van der Waals surface area contributed by atoms with Crippen LogP contribution in [0, 0.1) is 0 Å². The zero-order valence-corrected chi connectivity index (χ0v) is 15.7. The van der Waals surface area contributed by atoms with Crippen LogP contribution >= 0.6 is 23.1 Å². The SMILES string of the molecule is O=C(Nc1nnc(SCC(=O)N2CCOCC2)s1)NC1CCCCC1. The highest BCUT2D eigenvalue weighted by molar-refractivity contribution is 8.01. The minimum Gasteiger partial charge on any atom is -0.378 e. The van der Waals surface area contributed by atoms with Crippen molar-refractivity contribution < 1.29 is 14.3 Å². The Morgan fingerprint density at radius 1 is 1.20 bits per heavy atom. The summed E-state index contributed by atoms with van der Waals surface area (Å²) in [5.74, 6) is 0.399. The third-order valence-corrected chi connectivity index (χ3v) is 6.21. The molecule has 1 aromatic rings. The number of aromatic nitrogens is 2. The number of morpholine rings is 1. The maximum Gasteiger partial charge on any atom is 0.321 e. The molecule has 25 heavy (non-hydrogen) atoms. The Morgan fingerprint density at radius 3 is 2.72 bits per heavy atom. The molecule has 2 fully saturated rings. The number of hydrogen-bond acceptors (Lipinski definition) is 7. The number of rotatable bonds is 5. The van der Waals surface area contributed by atoms with Gasteiger partial charge in [-0.15, -0.1) is 10.2 Å². The second kappa shape index (κ2) is 9.35. The van der Waals surface area contributed by atoms with Crippen LogP contribution in [0.2, 0.25) is 0 Å². The number of nitrogens with zero attached hydrogens (tertiary/aromatic N) is 3. The molecule has 2 heterocycles. The minimum atomic E-state index is -0.232. The number of nitrogens with one attached hydrogen (secondary N) is 2. The van der Waals surface area contributed by atoms with Crippen molar-refractivity contribution in [1.82, 2.24) is 20.4 Å². The number of carbonyl (C=O) groups excluding carboxylic acids is 2. The maximum absolute atomic E-state index is 12.1. The highest BCUT2D eigenvalue weighted by Gasteiger charge is 2.19. The van der Waals surface area contributed by atoms with Crippen molar-refractivity contribution in [2.75, 3.05) is 37.4 Å². The van der Waals surface area contributed by atoms with E-state index in [2.05, 4.69) is 20.8 Å². The predicted octanol–water partition coefficient (Wildman–Crippen LogP) is 1.94. The average molecular weight is 386 g/mol. The van der Waals surface area contributed by atoms with E-state index in [0.717, 1.165) is 12.8 Å². The monoisotopic (exact) mass is 385 g/mol. The summed E-state index contributed by atoms with van der Waals surface area (Å²) in [6.45, 7) is 2.48. The molecular formula is C15H23N5O3S2. The molecule has 0 bridgehead atoms. The van der Waals surface area contributed by atoms with Crippen molar-refractivity contribution in [2.24, 2.45) is 0 Å². The maximum atomic E-state index is 12.1. The molecule has 1 saturated heterocycles. The van der Waals surface area contributed by atoms with Gasteiger partial charge in [0.25, 0.3) is 0 Å². The number of thioether (sulfide) groups is 1. The lowest BCUT2D eigenvalue weighted by molar-refractivity contribution is -0.132. The van der Waals surface area contributed by atoms with Gasteiger partial charge in [-0.05, 0) is 12.8 Å². The summed E-state index contributed by atoms with van der Waals surface area (Å²) in [5.41, 5.74) is 0. The van der Waals surface area contributed by atoms with Gasteiger partial charge in [-0.2, -0.15) is 0 Å². The molecule has 0 atom stereocenters. The van der Waals surface area contributed by atoms with Gasteiger partial charge in [-0.3, -0.25) is 10.1 Å². The Balaban J connectivity index is 1.40. The van der Waals surface area contributed by atoms with E-state index in [4.69, 9.17) is 4.74 Å². The molecule has 2 N–H and O–H groups in total. The van der Waals surface area contributed by atoms with Gasteiger partial charge in [-0.1, -0.05) is 42.4 Å². The van der Waals surface area contributed by atoms with Gasteiger partial charge >= 0.3 is 6.03 Å². The Labute approximate surface area is 155 Å². The summed E-state index contributed by atoms with van der Waals surface area (Å²) in [7, 11) is 0. The molecule has 1 aromatic heterocycles. The van der Waals surface area contributed by atoms with Gasteiger partial charge in [0.05, 0.1) is 19.0 Å². The van der Waals surface area contributed by atoms with Crippen LogP contribution in [0.5, 0.6) is 0 Å². The fourth-order valence-electron chi connectivity index (χ4n) is 2.91. The molecule has 0 unspecified atom stereocenters. The molecule has 1 saturated carbocycles. The van der Waals surface area contributed by atoms with E-state index in [0.29, 0.717) is 41.5 Å². The van der Waals surface area contributed by atoms with E-state index in [1.54, 1.807) is 4.90 Å². The highest BCUT2D eigenvalue weighted by atomic mass is 32.2. The standard InChI is InChI=1S/C15H23N5O3S2/c21-12(20-6-8-23-9-7-20)10-24-15-19-18-14(25-15)17-13(22)16-11-4-2-1-3-5-11/h11H,1-10H2,(H2,16,17,18,22). The van der Waals surface area contributed by atoms with Crippen LogP contribution in [0.3, 0.4) is 0 Å². The lowest BCUT2D eigenvalue weighted by atomic mass is 9.96. The number of anilines is 1. The van der Waals surface area contributed by atoms with Crippen molar-refractivity contribution in [1.29, 1.82) is 0 Å². The van der Waals surface area contributed by atoms with Gasteiger partial charge < -0.3 is 15.0 Å². The first-order valence-electron chi connectivity index (χ1n) is 8.60. The third-order valence-electron chi connectivity index (χ3n) is 4.25. The van der Waals surface area contributed by atoms with Gasteiger partial charge in [0.1, 0.15) is 0 Å². The average Bonchev–Trinajstić information content (AvgIpc) is 3.08. The van der Waals surface area contributed by atoms with Crippen LogP contribution in [0.4, 0.5) is 9.93 Å². The van der Waals surface area contributed by atoms with Crippen molar-refractivity contribution in [3.63, 3.8) is 0 Å². The van der Waals surface area contributed by atoms with Crippen molar-refractivity contribution in [3.05, 3.63) is 0 Å². The molecule has 1 aliphatic heterocycles. The first-order chi connectivity index (χ1) is 12.2. The first kappa shape index (κ1) is 18.4.